The molecule has 0 spiro atoms. The fourth-order valence-corrected chi connectivity index (χ4v) is 4.67. The molecule has 200 valence electrons. The molecule has 0 radical (unpaired) electrons. The number of carbonyl (C=O) groups is 1. The number of nitrogens with zero attached hydrogens (tertiary/aromatic N) is 3. The van der Waals surface area contributed by atoms with Crippen molar-refractivity contribution in [1.82, 2.24) is 14.8 Å². The van der Waals surface area contributed by atoms with Gasteiger partial charge in [0.15, 0.2) is 11.5 Å². The van der Waals surface area contributed by atoms with E-state index in [1.165, 1.54) is 6.33 Å². The molecule has 1 atom stereocenters. The second-order valence-corrected chi connectivity index (χ2v) is 9.18. The topological polar surface area (TPSA) is 99.5 Å². The van der Waals surface area contributed by atoms with Crippen molar-refractivity contribution in [1.29, 1.82) is 0 Å². The van der Waals surface area contributed by atoms with Crippen molar-refractivity contribution in [2.75, 3.05) is 24.4 Å². The van der Waals surface area contributed by atoms with Crippen molar-refractivity contribution in [2.45, 2.75) is 26.5 Å². The Morgan fingerprint density at radius 1 is 1.05 bits per heavy atom. The highest BCUT2D eigenvalue weighted by Crippen LogP contribution is 2.39. The first-order chi connectivity index (χ1) is 19.0. The Bertz CT molecular complexity index is 1530. The fraction of sp³-hybridized carbons (Fsp3) is 0.207. The van der Waals surface area contributed by atoms with Gasteiger partial charge in [0.05, 0.1) is 25.0 Å². The average molecular weight is 546 g/mol. The van der Waals surface area contributed by atoms with Gasteiger partial charge in [-0.1, -0.05) is 48.0 Å². The molecule has 1 unspecified atom stereocenters. The van der Waals surface area contributed by atoms with E-state index in [9.17, 15) is 4.79 Å². The van der Waals surface area contributed by atoms with Gasteiger partial charge >= 0.3 is 0 Å². The number of benzene rings is 3. The maximum Gasteiger partial charge on any atom is 0.255 e. The van der Waals surface area contributed by atoms with Crippen LogP contribution in [0.5, 0.6) is 17.2 Å². The van der Waals surface area contributed by atoms with E-state index < -0.39 is 6.04 Å². The van der Waals surface area contributed by atoms with Crippen LogP contribution in [0, 0.1) is 0 Å². The zero-order chi connectivity index (χ0) is 27.4. The first-order valence-corrected chi connectivity index (χ1v) is 12.8. The van der Waals surface area contributed by atoms with Gasteiger partial charge in [0, 0.05) is 16.3 Å². The number of halogens is 1. The lowest BCUT2D eigenvalue weighted by atomic mass is 9.94. The monoisotopic (exact) mass is 545 g/mol. The molecular weight excluding hydrogens is 518 g/mol. The number of rotatable bonds is 9. The summed E-state index contributed by atoms with van der Waals surface area (Å²) in [5.74, 6) is 1.90. The predicted molar refractivity (Wildman–Crippen MR) is 150 cm³/mol. The van der Waals surface area contributed by atoms with Crippen molar-refractivity contribution >= 4 is 29.1 Å². The quantitative estimate of drug-likeness (QED) is 0.272. The van der Waals surface area contributed by atoms with Crippen LogP contribution >= 0.6 is 11.6 Å². The third-order valence-corrected chi connectivity index (χ3v) is 6.69. The van der Waals surface area contributed by atoms with Crippen molar-refractivity contribution in [3.05, 3.63) is 100 Å². The Balaban J connectivity index is 1.50. The number of nitrogens with one attached hydrogen (secondary N) is 2. The van der Waals surface area contributed by atoms with Gasteiger partial charge in [-0.2, -0.15) is 10.1 Å². The highest BCUT2D eigenvalue weighted by Gasteiger charge is 2.34. The van der Waals surface area contributed by atoms with Gasteiger partial charge in [-0.3, -0.25) is 4.79 Å². The lowest BCUT2D eigenvalue weighted by molar-refractivity contribution is -0.113. The molecule has 39 heavy (non-hydrogen) atoms. The summed E-state index contributed by atoms with van der Waals surface area (Å²) in [5.41, 5.74) is 3.34. The minimum atomic E-state index is -0.574. The minimum absolute atomic E-state index is 0.283. The Morgan fingerprint density at radius 2 is 1.85 bits per heavy atom. The molecule has 1 amide bonds. The lowest BCUT2D eigenvalue weighted by Gasteiger charge is -2.29. The van der Waals surface area contributed by atoms with E-state index in [2.05, 4.69) is 20.7 Å². The molecular formula is C29H28ClN5O4. The normalized spacial score (nSPS) is 14.3. The van der Waals surface area contributed by atoms with Crippen LogP contribution in [0.15, 0.2) is 84.3 Å². The summed E-state index contributed by atoms with van der Waals surface area (Å²) in [6, 6.07) is 19.8. The van der Waals surface area contributed by atoms with Gasteiger partial charge in [0.1, 0.15) is 24.7 Å². The summed E-state index contributed by atoms with van der Waals surface area (Å²) < 4.78 is 19.1. The first-order valence-electron chi connectivity index (χ1n) is 12.4. The zero-order valence-corrected chi connectivity index (χ0v) is 22.5. The number of hydrogen-bond donors (Lipinski definition) is 2. The SMILES string of the molecule is CCOc1cc(C2C(C(=O)Nc3ccccc3OC)=C(C)Nc3ncnn32)ccc1OCc1ccccc1Cl. The summed E-state index contributed by atoms with van der Waals surface area (Å²) in [7, 11) is 1.56. The Hall–Kier alpha value is -4.50. The largest absolute Gasteiger partial charge is 0.495 e. The Morgan fingerprint density at radius 3 is 2.64 bits per heavy atom. The number of amides is 1. The molecule has 0 saturated carbocycles. The minimum Gasteiger partial charge on any atom is -0.495 e. The molecule has 9 nitrogen and oxygen atoms in total. The number of anilines is 2. The highest BCUT2D eigenvalue weighted by atomic mass is 35.5. The summed E-state index contributed by atoms with van der Waals surface area (Å²) in [6.45, 7) is 4.46. The molecule has 1 aliphatic rings. The Labute approximate surface area is 231 Å². The van der Waals surface area contributed by atoms with Crippen LogP contribution < -0.4 is 24.8 Å². The molecule has 2 heterocycles. The van der Waals surface area contributed by atoms with Crippen LogP contribution in [-0.2, 0) is 11.4 Å². The molecule has 2 N–H and O–H groups in total. The molecule has 3 aromatic carbocycles. The number of para-hydroxylation sites is 2. The molecule has 5 rings (SSSR count). The van der Waals surface area contributed by atoms with Crippen molar-refractivity contribution in [3.8, 4) is 17.2 Å². The van der Waals surface area contributed by atoms with E-state index in [1.807, 2.05) is 68.4 Å². The second-order valence-electron chi connectivity index (χ2n) is 8.77. The smallest absolute Gasteiger partial charge is 0.255 e. The van der Waals surface area contributed by atoms with Crippen molar-refractivity contribution in [3.63, 3.8) is 0 Å². The predicted octanol–water partition coefficient (Wildman–Crippen LogP) is 5.85. The molecule has 1 aliphatic heterocycles. The van der Waals surface area contributed by atoms with E-state index in [0.717, 1.165) is 11.1 Å². The molecule has 0 fully saturated rings. The van der Waals surface area contributed by atoms with Crippen LogP contribution in [0.3, 0.4) is 0 Å². The van der Waals surface area contributed by atoms with Crippen molar-refractivity contribution < 1.29 is 19.0 Å². The number of carbonyl (C=O) groups excluding carboxylic acids is 1. The summed E-state index contributed by atoms with van der Waals surface area (Å²) in [6.07, 6.45) is 1.45. The number of hydrogen-bond acceptors (Lipinski definition) is 7. The van der Waals surface area contributed by atoms with E-state index in [0.29, 0.717) is 51.8 Å². The van der Waals surface area contributed by atoms with Gasteiger partial charge in [0.2, 0.25) is 5.95 Å². The number of ether oxygens (including phenoxy) is 3. The number of fused-ring (bicyclic) bond motifs is 1. The first kappa shape index (κ1) is 26.1. The van der Waals surface area contributed by atoms with Gasteiger partial charge in [0.25, 0.3) is 5.91 Å². The molecule has 4 aromatic rings. The van der Waals surface area contributed by atoms with Gasteiger partial charge in [-0.05, 0) is 49.7 Å². The van der Waals surface area contributed by atoms with Crippen LogP contribution in [0.1, 0.15) is 31.0 Å². The average Bonchev–Trinajstić information content (AvgIpc) is 3.41. The van der Waals surface area contributed by atoms with Crippen LogP contribution in [-0.4, -0.2) is 34.4 Å². The Kier molecular flexibility index (Phi) is 7.69. The zero-order valence-electron chi connectivity index (χ0n) is 21.8. The van der Waals surface area contributed by atoms with Crippen molar-refractivity contribution in [2.24, 2.45) is 0 Å². The number of allylic oxidation sites excluding steroid dienone is 1. The lowest BCUT2D eigenvalue weighted by Crippen LogP contribution is -2.31. The summed E-state index contributed by atoms with van der Waals surface area (Å²) in [5, 5.41) is 11.2. The van der Waals surface area contributed by atoms with Crippen LogP contribution in [0.25, 0.3) is 0 Å². The maximum atomic E-state index is 13.7. The molecule has 0 bridgehead atoms. The molecule has 0 saturated heterocycles. The molecule has 0 aliphatic carbocycles. The maximum absolute atomic E-state index is 13.7. The third-order valence-electron chi connectivity index (χ3n) is 6.32. The summed E-state index contributed by atoms with van der Waals surface area (Å²) in [4.78, 5) is 18.1. The van der Waals surface area contributed by atoms with E-state index in [4.69, 9.17) is 25.8 Å². The molecule has 10 heteroatoms. The van der Waals surface area contributed by atoms with Gasteiger partial charge in [-0.15, -0.1) is 0 Å². The standard InChI is InChI=1S/C29H28ClN5O4/c1-4-38-25-15-19(13-14-24(25)39-16-20-9-5-6-10-21(20)30)27-26(18(2)33-29-31-17-32-35(27)29)28(36)34-22-11-7-8-12-23(22)37-3/h5-15,17,27H,4,16H2,1-3H3,(H,34,36)(H,31,32,33). The van der Waals surface area contributed by atoms with Crippen LogP contribution in [0.2, 0.25) is 5.02 Å². The summed E-state index contributed by atoms with van der Waals surface area (Å²) >= 11 is 6.31. The highest BCUT2D eigenvalue weighted by molar-refractivity contribution is 6.31. The molecule has 1 aromatic heterocycles. The fourth-order valence-electron chi connectivity index (χ4n) is 4.48. The van der Waals surface area contributed by atoms with Gasteiger partial charge in [-0.25, -0.2) is 4.68 Å². The third kappa shape index (κ3) is 5.39. The van der Waals surface area contributed by atoms with Crippen LogP contribution in [0.4, 0.5) is 11.6 Å². The number of methoxy groups -OCH3 is 1. The van der Waals surface area contributed by atoms with E-state index in [-0.39, 0.29) is 12.5 Å². The second kappa shape index (κ2) is 11.5. The van der Waals surface area contributed by atoms with E-state index >= 15 is 0 Å². The van der Waals surface area contributed by atoms with Gasteiger partial charge < -0.3 is 24.8 Å². The number of aromatic nitrogens is 3. The van der Waals surface area contributed by atoms with E-state index in [1.54, 1.807) is 23.9 Å².